The fourth-order valence-corrected chi connectivity index (χ4v) is 4.33. The monoisotopic (exact) mass is 453 g/mol. The molecule has 0 aliphatic heterocycles. The smallest absolute Gasteiger partial charge is 0.333 e. The average molecular weight is 453 g/mol. The van der Waals surface area contributed by atoms with Gasteiger partial charge in [-0.2, -0.15) is 0 Å². The van der Waals surface area contributed by atoms with Crippen LogP contribution < -0.4 is 15.5 Å². The summed E-state index contributed by atoms with van der Waals surface area (Å²) >= 11 is 0. The number of rotatable bonds is 6. The van der Waals surface area contributed by atoms with Crippen LogP contribution in [0.15, 0.2) is 47.7 Å². The minimum atomic E-state index is -0.574. The first kappa shape index (κ1) is 22.0. The number of nitrogens with zero attached hydrogens (tertiary/aromatic N) is 4. The fraction of sp³-hybridized carbons (Fsp3) is 0.261. The minimum Gasteiger partial charge on any atom is -0.496 e. The van der Waals surface area contributed by atoms with Crippen molar-refractivity contribution in [2.75, 3.05) is 13.8 Å². The van der Waals surface area contributed by atoms with Crippen molar-refractivity contribution in [3.05, 3.63) is 64.7 Å². The van der Waals surface area contributed by atoms with Gasteiger partial charge in [0.25, 0.3) is 0 Å². The lowest BCUT2D eigenvalue weighted by Gasteiger charge is -2.16. The lowest BCUT2D eigenvalue weighted by atomic mass is 10.0. The number of pyridine rings is 2. The second-order valence-electron chi connectivity index (χ2n) is 7.77. The van der Waals surface area contributed by atoms with Gasteiger partial charge in [0.15, 0.2) is 5.82 Å². The zero-order chi connectivity index (χ0) is 23.0. The van der Waals surface area contributed by atoms with Gasteiger partial charge in [-0.15, -0.1) is 0 Å². The molecule has 4 aromatic rings. The Morgan fingerprint density at radius 1 is 1.31 bits per heavy atom. The summed E-state index contributed by atoms with van der Waals surface area (Å²) in [6.07, 6.45) is 6.34. The van der Waals surface area contributed by atoms with Crippen LogP contribution >= 0.6 is 8.73 Å². The Kier molecular flexibility index (Phi) is 5.98. The van der Waals surface area contributed by atoms with Gasteiger partial charge >= 0.3 is 5.69 Å². The van der Waals surface area contributed by atoms with Gasteiger partial charge in [-0.05, 0) is 33.4 Å². The molecule has 0 saturated carbocycles. The molecule has 3 aromatic heterocycles. The molecule has 7 nitrogen and oxygen atoms in total. The summed E-state index contributed by atoms with van der Waals surface area (Å²) < 4.78 is 23.2. The third-order valence-electron chi connectivity index (χ3n) is 5.25. The molecule has 0 fully saturated rings. The molecule has 0 aliphatic rings. The molecule has 166 valence electrons. The molecule has 0 amide bonds. The number of hydrogen-bond acceptors (Lipinski definition) is 5. The molecule has 1 aromatic carbocycles. The maximum Gasteiger partial charge on any atom is 0.333 e. The van der Waals surface area contributed by atoms with E-state index in [0.717, 1.165) is 22.8 Å². The molecule has 32 heavy (non-hydrogen) atoms. The van der Waals surface area contributed by atoms with Crippen molar-refractivity contribution in [2.24, 2.45) is 13.0 Å². The van der Waals surface area contributed by atoms with Crippen LogP contribution in [0.4, 0.5) is 4.39 Å². The number of nitrogens with one attached hydrogen (secondary N) is 1. The van der Waals surface area contributed by atoms with E-state index in [1.54, 1.807) is 20.4 Å². The largest absolute Gasteiger partial charge is 0.496 e. The predicted octanol–water partition coefficient (Wildman–Crippen LogP) is 4.23. The maximum atomic E-state index is 14.7. The van der Waals surface area contributed by atoms with Gasteiger partial charge in [-0.1, -0.05) is 19.9 Å². The molecule has 0 radical (unpaired) electrons. The van der Waals surface area contributed by atoms with Crippen LogP contribution in [0.25, 0.3) is 33.3 Å². The summed E-state index contributed by atoms with van der Waals surface area (Å²) in [6.45, 7) is 6.27. The number of halogens is 1. The Hall–Kier alpha value is -3.25. The molecule has 0 saturated heterocycles. The van der Waals surface area contributed by atoms with Crippen molar-refractivity contribution < 1.29 is 9.13 Å². The standard InChI is InChI=1S/C23H25FN5O2P/c1-13(2)8-18(27-32-5)14-9-15-17(10-21(14)31-4)26-12-20-22(15)29(23(30)28(20)3)19-6-7-25-11-16(19)24/h6-13,27,32H,1-5H3/b18-8-. The van der Waals surface area contributed by atoms with Crippen LogP contribution in [0.2, 0.25) is 0 Å². The Morgan fingerprint density at radius 2 is 2.09 bits per heavy atom. The van der Waals surface area contributed by atoms with Gasteiger partial charge in [-0.3, -0.25) is 19.1 Å². The number of fused-ring (bicyclic) bond motifs is 3. The summed E-state index contributed by atoms with van der Waals surface area (Å²) in [5.74, 6) is 0.404. The van der Waals surface area contributed by atoms with Gasteiger partial charge in [0, 0.05) is 36.0 Å². The Labute approximate surface area is 186 Å². The lowest BCUT2D eigenvalue weighted by molar-refractivity contribution is 0.414. The van der Waals surface area contributed by atoms with Gasteiger partial charge in [0.1, 0.15) is 5.75 Å². The van der Waals surface area contributed by atoms with Crippen LogP contribution in [-0.2, 0) is 7.05 Å². The van der Waals surface area contributed by atoms with Crippen LogP contribution in [0.5, 0.6) is 5.75 Å². The van der Waals surface area contributed by atoms with E-state index in [9.17, 15) is 9.18 Å². The first-order chi connectivity index (χ1) is 15.4. The van der Waals surface area contributed by atoms with Crippen LogP contribution in [0.3, 0.4) is 0 Å². The van der Waals surface area contributed by atoms with E-state index in [4.69, 9.17) is 4.74 Å². The number of allylic oxidation sites excluding steroid dienone is 1. The van der Waals surface area contributed by atoms with E-state index >= 15 is 0 Å². The molecule has 4 rings (SSSR count). The highest BCUT2D eigenvalue weighted by molar-refractivity contribution is 7.35. The second-order valence-corrected chi connectivity index (χ2v) is 8.52. The van der Waals surface area contributed by atoms with Gasteiger partial charge < -0.3 is 9.82 Å². The molecule has 0 bridgehead atoms. The summed E-state index contributed by atoms with van der Waals surface area (Å²) in [5.41, 5.74) is 3.42. The summed E-state index contributed by atoms with van der Waals surface area (Å²) in [4.78, 5) is 21.5. The quantitative estimate of drug-likeness (QED) is 0.443. The van der Waals surface area contributed by atoms with Crippen LogP contribution in [-0.4, -0.2) is 32.9 Å². The highest BCUT2D eigenvalue weighted by Gasteiger charge is 2.20. The zero-order valence-corrected chi connectivity index (χ0v) is 19.6. The van der Waals surface area contributed by atoms with Gasteiger partial charge in [0.05, 0.1) is 41.7 Å². The van der Waals surface area contributed by atoms with E-state index in [2.05, 4.69) is 41.6 Å². The Balaban J connectivity index is 2.15. The number of aryl methyl sites for hydroxylation is 1. The molecule has 0 spiro atoms. The topological polar surface area (TPSA) is 74.0 Å². The van der Waals surface area contributed by atoms with Crippen molar-refractivity contribution >= 4 is 36.4 Å². The third kappa shape index (κ3) is 3.65. The van der Waals surface area contributed by atoms with Crippen LogP contribution in [0, 0.1) is 11.7 Å². The summed E-state index contributed by atoms with van der Waals surface area (Å²) in [6, 6.07) is 5.31. The summed E-state index contributed by atoms with van der Waals surface area (Å²) in [5, 5.41) is 4.16. The minimum absolute atomic E-state index is 0.145. The molecule has 1 N–H and O–H groups in total. The fourth-order valence-electron chi connectivity index (χ4n) is 3.84. The number of methoxy groups -OCH3 is 1. The maximum absolute atomic E-state index is 14.7. The molecular weight excluding hydrogens is 428 g/mol. The number of aromatic nitrogens is 4. The number of hydrogen-bond donors (Lipinski definition) is 1. The first-order valence-electron chi connectivity index (χ1n) is 10.2. The first-order valence-corrected chi connectivity index (χ1v) is 11.7. The second kappa shape index (κ2) is 8.71. The van der Waals surface area contributed by atoms with E-state index < -0.39 is 5.82 Å². The van der Waals surface area contributed by atoms with Crippen LogP contribution in [0.1, 0.15) is 19.4 Å². The van der Waals surface area contributed by atoms with E-state index in [1.165, 1.54) is 21.4 Å². The molecule has 0 aliphatic carbocycles. The zero-order valence-electron chi connectivity index (χ0n) is 18.6. The molecule has 1 atom stereocenters. The van der Waals surface area contributed by atoms with Crippen molar-refractivity contribution in [1.82, 2.24) is 24.2 Å². The molecule has 1 unspecified atom stereocenters. The molecule has 9 heteroatoms. The van der Waals surface area contributed by atoms with Crippen molar-refractivity contribution in [1.29, 1.82) is 0 Å². The lowest BCUT2D eigenvalue weighted by Crippen LogP contribution is -2.21. The van der Waals surface area contributed by atoms with Gasteiger partial charge in [0.2, 0.25) is 0 Å². The van der Waals surface area contributed by atoms with Crippen molar-refractivity contribution in [2.45, 2.75) is 13.8 Å². The van der Waals surface area contributed by atoms with Crippen molar-refractivity contribution in [3.63, 3.8) is 0 Å². The van der Waals surface area contributed by atoms with E-state index in [1.807, 2.05) is 12.1 Å². The summed E-state index contributed by atoms with van der Waals surface area (Å²) in [7, 11) is 3.76. The highest BCUT2D eigenvalue weighted by atomic mass is 31.1. The average Bonchev–Trinajstić information content (AvgIpc) is 3.03. The normalized spacial score (nSPS) is 12.5. The Bertz CT molecular complexity index is 1410. The van der Waals surface area contributed by atoms with Gasteiger partial charge in [-0.25, -0.2) is 9.18 Å². The molecular formula is C23H25FN5O2P. The SMILES string of the molecule is COc1cc2ncc3c(c2cc1/C(=C/C(C)C)NPC)n(-c1ccncc1F)c(=O)n3C. The number of benzene rings is 1. The Morgan fingerprint density at radius 3 is 2.75 bits per heavy atom. The number of ether oxygens (including phenoxy) is 1. The molecule has 3 heterocycles. The number of imidazole rings is 1. The predicted molar refractivity (Wildman–Crippen MR) is 128 cm³/mol. The van der Waals surface area contributed by atoms with E-state index in [-0.39, 0.29) is 11.4 Å². The third-order valence-corrected chi connectivity index (χ3v) is 5.77. The van der Waals surface area contributed by atoms with E-state index in [0.29, 0.717) is 36.9 Å². The highest BCUT2D eigenvalue weighted by Crippen LogP contribution is 2.35. The van der Waals surface area contributed by atoms with Crippen molar-refractivity contribution in [3.8, 4) is 11.4 Å².